The van der Waals surface area contributed by atoms with Gasteiger partial charge >= 0.3 is 0 Å². The Morgan fingerprint density at radius 3 is 2.59 bits per heavy atom. The Hall–Kier alpha value is -2.50. The van der Waals surface area contributed by atoms with E-state index < -0.39 is 15.9 Å². The second-order valence-corrected chi connectivity index (χ2v) is 12.8. The summed E-state index contributed by atoms with van der Waals surface area (Å²) in [5.74, 6) is -0.988. The Bertz CT molecular complexity index is 1510. The number of rotatable bonds is 9. The lowest BCUT2D eigenvalue weighted by Gasteiger charge is -2.30. The topological polar surface area (TPSA) is 109 Å². The van der Waals surface area contributed by atoms with Gasteiger partial charge in [0, 0.05) is 65.6 Å². The molecule has 208 valence electrons. The third kappa shape index (κ3) is 7.79. The largest absolute Gasteiger partial charge is 0.356 e. The molecule has 39 heavy (non-hydrogen) atoms. The van der Waals surface area contributed by atoms with Crippen molar-refractivity contribution >= 4 is 73.9 Å². The van der Waals surface area contributed by atoms with E-state index in [1.807, 2.05) is 31.4 Å². The number of piperidine rings is 1. The maximum absolute atomic E-state index is 12.7. The van der Waals surface area contributed by atoms with Crippen molar-refractivity contribution in [3.05, 3.63) is 64.3 Å². The summed E-state index contributed by atoms with van der Waals surface area (Å²) < 4.78 is 32.3. The highest BCUT2D eigenvalue weighted by Gasteiger charge is 2.26. The van der Waals surface area contributed by atoms with Crippen molar-refractivity contribution in [1.82, 2.24) is 14.8 Å². The average molecular weight is 611 g/mol. The van der Waals surface area contributed by atoms with Gasteiger partial charge in [-0.2, -0.15) is 8.42 Å². The molecule has 2 aromatic carbocycles. The summed E-state index contributed by atoms with van der Waals surface area (Å²) in [6.07, 6.45) is 6.29. The summed E-state index contributed by atoms with van der Waals surface area (Å²) in [5, 5.41) is 4.63. The standard InChI is InChI=1S/C27H29Cl2N3O5S2/c1-31-13-9-20-17-21(5-6-22(20)31)38-23-7-3-18(25(28)26(23)29)4-8-24(33)32-14-10-19(11-15-32)27(34)30-12-2-16-39(35,36)37/h3-9,13,17,19H,2,10-12,14-16H2,1H3,(H,30,34)(H,35,36,37)/b8-4+. The summed E-state index contributed by atoms with van der Waals surface area (Å²) >= 11 is 14.7. The van der Waals surface area contributed by atoms with E-state index in [1.54, 1.807) is 11.0 Å². The summed E-state index contributed by atoms with van der Waals surface area (Å²) in [6, 6.07) is 12.0. The fourth-order valence-corrected chi connectivity index (χ4v) is 6.43. The first-order chi connectivity index (χ1) is 18.5. The number of nitrogens with zero attached hydrogens (tertiary/aromatic N) is 2. The summed E-state index contributed by atoms with van der Waals surface area (Å²) in [4.78, 5) is 28.6. The number of fused-ring (bicyclic) bond motifs is 1. The molecule has 1 aromatic heterocycles. The van der Waals surface area contributed by atoms with Crippen LogP contribution in [0, 0.1) is 5.92 Å². The molecule has 0 unspecified atom stereocenters. The zero-order valence-corrected chi connectivity index (χ0v) is 24.4. The molecule has 0 atom stereocenters. The number of nitrogens with one attached hydrogen (secondary N) is 1. The first-order valence-corrected chi connectivity index (χ1v) is 15.6. The second-order valence-electron chi connectivity index (χ2n) is 9.39. The molecule has 3 aromatic rings. The number of carbonyl (C=O) groups excluding carboxylic acids is 2. The predicted octanol–water partition coefficient (Wildman–Crippen LogP) is 5.28. The van der Waals surface area contributed by atoms with E-state index in [0.717, 1.165) is 20.7 Å². The second kappa shape index (κ2) is 12.8. The lowest BCUT2D eigenvalue weighted by molar-refractivity contribution is -0.132. The Morgan fingerprint density at radius 2 is 1.87 bits per heavy atom. The molecule has 4 rings (SSSR count). The van der Waals surface area contributed by atoms with Gasteiger partial charge in [0.1, 0.15) is 0 Å². The van der Waals surface area contributed by atoms with Gasteiger partial charge < -0.3 is 14.8 Å². The molecular weight excluding hydrogens is 581 g/mol. The fraction of sp³-hybridized carbons (Fsp3) is 0.333. The van der Waals surface area contributed by atoms with E-state index >= 15 is 0 Å². The Balaban J connectivity index is 1.30. The highest BCUT2D eigenvalue weighted by Crippen LogP contribution is 2.40. The van der Waals surface area contributed by atoms with Crippen molar-refractivity contribution in [3.8, 4) is 0 Å². The zero-order valence-electron chi connectivity index (χ0n) is 21.3. The van der Waals surface area contributed by atoms with Crippen LogP contribution < -0.4 is 5.32 Å². The smallest absolute Gasteiger partial charge is 0.264 e. The number of likely N-dealkylation sites (tertiary alicyclic amines) is 1. The van der Waals surface area contributed by atoms with E-state index in [9.17, 15) is 18.0 Å². The molecule has 2 N–H and O–H groups in total. The first kappa shape index (κ1) is 29.5. The molecule has 12 heteroatoms. The molecule has 8 nitrogen and oxygen atoms in total. The molecule has 0 saturated carbocycles. The lowest BCUT2D eigenvalue weighted by atomic mass is 9.96. The molecule has 2 heterocycles. The monoisotopic (exact) mass is 609 g/mol. The third-order valence-electron chi connectivity index (χ3n) is 6.62. The van der Waals surface area contributed by atoms with Crippen molar-refractivity contribution in [2.75, 3.05) is 25.4 Å². The number of benzene rings is 2. The number of aryl methyl sites for hydroxylation is 1. The van der Waals surface area contributed by atoms with E-state index in [2.05, 4.69) is 28.1 Å². The highest BCUT2D eigenvalue weighted by atomic mass is 35.5. The van der Waals surface area contributed by atoms with Crippen LogP contribution in [0.4, 0.5) is 0 Å². The van der Waals surface area contributed by atoms with Crippen LogP contribution in [0.2, 0.25) is 10.0 Å². The van der Waals surface area contributed by atoms with Crippen LogP contribution in [-0.2, 0) is 26.8 Å². The Labute approximate surface area is 242 Å². The van der Waals surface area contributed by atoms with Crippen LogP contribution in [-0.4, -0.2) is 59.6 Å². The van der Waals surface area contributed by atoms with Crippen LogP contribution >= 0.6 is 35.0 Å². The number of amides is 2. The summed E-state index contributed by atoms with van der Waals surface area (Å²) in [6.45, 7) is 1.04. The van der Waals surface area contributed by atoms with Gasteiger partial charge in [-0.05, 0) is 61.2 Å². The van der Waals surface area contributed by atoms with E-state index in [0.29, 0.717) is 41.5 Å². The maximum Gasteiger partial charge on any atom is 0.264 e. The fourth-order valence-electron chi connectivity index (χ4n) is 4.44. The molecule has 2 amide bonds. The van der Waals surface area contributed by atoms with Crippen LogP contribution in [0.15, 0.2) is 58.5 Å². The maximum atomic E-state index is 12.7. The number of hydrogen-bond donors (Lipinski definition) is 2. The van der Waals surface area contributed by atoms with Gasteiger partial charge in [0.2, 0.25) is 11.8 Å². The van der Waals surface area contributed by atoms with Crippen molar-refractivity contribution in [2.45, 2.75) is 29.1 Å². The molecule has 0 bridgehead atoms. The number of aromatic nitrogens is 1. The molecule has 0 radical (unpaired) electrons. The van der Waals surface area contributed by atoms with Gasteiger partial charge in [-0.15, -0.1) is 0 Å². The van der Waals surface area contributed by atoms with Crippen molar-refractivity contribution in [1.29, 1.82) is 0 Å². The van der Waals surface area contributed by atoms with Crippen LogP contribution in [0.3, 0.4) is 0 Å². The van der Waals surface area contributed by atoms with Crippen LogP contribution in [0.1, 0.15) is 24.8 Å². The van der Waals surface area contributed by atoms with E-state index in [1.165, 1.54) is 17.8 Å². The van der Waals surface area contributed by atoms with E-state index in [4.69, 9.17) is 27.8 Å². The van der Waals surface area contributed by atoms with Gasteiger partial charge in [0.15, 0.2) is 0 Å². The lowest BCUT2D eigenvalue weighted by Crippen LogP contribution is -2.42. The number of hydrogen-bond acceptors (Lipinski definition) is 5. The highest BCUT2D eigenvalue weighted by molar-refractivity contribution is 7.99. The van der Waals surface area contributed by atoms with Crippen LogP contribution in [0.25, 0.3) is 17.0 Å². The minimum absolute atomic E-state index is 0.141. The van der Waals surface area contributed by atoms with Gasteiger partial charge in [0.05, 0.1) is 15.8 Å². The van der Waals surface area contributed by atoms with Crippen molar-refractivity contribution in [2.24, 2.45) is 13.0 Å². The van der Waals surface area contributed by atoms with Crippen LogP contribution in [0.5, 0.6) is 0 Å². The molecule has 0 aliphatic carbocycles. The van der Waals surface area contributed by atoms with Gasteiger partial charge in [-0.3, -0.25) is 14.1 Å². The number of halogens is 2. The molecule has 1 aliphatic heterocycles. The minimum atomic E-state index is -4.04. The quantitative estimate of drug-likeness (QED) is 0.194. The predicted molar refractivity (Wildman–Crippen MR) is 156 cm³/mol. The Morgan fingerprint density at radius 1 is 1.13 bits per heavy atom. The SMILES string of the molecule is Cn1ccc2cc(Sc3ccc(/C=C/C(=O)N4CCC(C(=O)NCCCS(=O)(=O)O)CC4)c(Cl)c3Cl)ccc21. The van der Waals surface area contributed by atoms with Gasteiger partial charge in [-0.25, -0.2) is 0 Å². The Kier molecular flexibility index (Phi) is 9.66. The van der Waals surface area contributed by atoms with Crippen molar-refractivity contribution < 1.29 is 22.6 Å². The molecule has 1 aliphatic rings. The van der Waals surface area contributed by atoms with Gasteiger partial charge in [0.25, 0.3) is 10.1 Å². The number of carbonyl (C=O) groups is 2. The average Bonchev–Trinajstić information content (AvgIpc) is 3.28. The summed E-state index contributed by atoms with van der Waals surface area (Å²) in [5.41, 5.74) is 1.78. The molecule has 1 fully saturated rings. The van der Waals surface area contributed by atoms with Crippen molar-refractivity contribution in [3.63, 3.8) is 0 Å². The summed E-state index contributed by atoms with van der Waals surface area (Å²) in [7, 11) is -2.03. The van der Waals surface area contributed by atoms with Gasteiger partial charge in [-0.1, -0.05) is 41.0 Å². The molecule has 1 saturated heterocycles. The van der Waals surface area contributed by atoms with E-state index in [-0.39, 0.29) is 30.7 Å². The third-order valence-corrected chi connectivity index (χ3v) is 9.49. The first-order valence-electron chi connectivity index (χ1n) is 12.4. The molecular formula is C27H29Cl2N3O5S2. The zero-order chi connectivity index (χ0) is 28.2. The minimum Gasteiger partial charge on any atom is -0.356 e. The molecule has 0 spiro atoms. The normalized spacial score (nSPS) is 14.8.